The van der Waals surface area contributed by atoms with Crippen LogP contribution in [-0.2, 0) is 24.0 Å². The van der Waals surface area contributed by atoms with E-state index < -0.39 is 16.6 Å². The van der Waals surface area contributed by atoms with Gasteiger partial charge in [0, 0.05) is 12.5 Å². The molecule has 0 spiro atoms. The Hall–Kier alpha value is -1.57. The molecule has 0 radical (unpaired) electrons. The Morgan fingerprint density at radius 2 is 2.00 bits per heavy atom. The number of benzene rings is 1. The van der Waals surface area contributed by atoms with Crippen LogP contribution in [0.1, 0.15) is 18.1 Å². The van der Waals surface area contributed by atoms with Crippen molar-refractivity contribution in [1.29, 1.82) is 0 Å². The number of rotatable bonds is 4. The maximum absolute atomic E-state index is 10.8. The highest BCUT2D eigenvalue weighted by Crippen LogP contribution is 2.32. The van der Waals surface area contributed by atoms with Crippen LogP contribution in [-0.4, -0.2) is 21.3 Å². The molecule has 0 saturated heterocycles. The van der Waals surface area contributed by atoms with Gasteiger partial charge in [0.2, 0.25) is 6.29 Å². The van der Waals surface area contributed by atoms with E-state index in [9.17, 15) is 8.42 Å². The predicted molar refractivity (Wildman–Crippen MR) is 68.8 cm³/mol. The molecule has 7 heteroatoms. The van der Waals surface area contributed by atoms with Crippen LogP contribution in [0, 0.1) is 6.92 Å². The van der Waals surface area contributed by atoms with Crippen molar-refractivity contribution in [3.05, 3.63) is 41.2 Å². The molecule has 0 bridgehead atoms. The lowest BCUT2D eigenvalue weighted by Gasteiger charge is -2.07. The van der Waals surface area contributed by atoms with Crippen LogP contribution in [0.2, 0.25) is 0 Å². The second kappa shape index (κ2) is 5.20. The topological polar surface area (TPSA) is 87.9 Å². The largest absolute Gasteiger partial charge is 0.453 e. The van der Waals surface area contributed by atoms with Crippen LogP contribution in [0.5, 0.6) is 0 Å². The van der Waals surface area contributed by atoms with E-state index in [1.807, 2.05) is 31.2 Å². The minimum absolute atomic E-state index is 0.285. The molecule has 1 unspecified atom stereocenters. The predicted octanol–water partition coefficient (Wildman–Crippen LogP) is 1.28. The van der Waals surface area contributed by atoms with Gasteiger partial charge in [-0.2, -0.15) is 8.42 Å². The van der Waals surface area contributed by atoms with Gasteiger partial charge in [0.05, 0.1) is 0 Å². The van der Waals surface area contributed by atoms with Crippen LogP contribution in [0.4, 0.5) is 0 Å². The van der Waals surface area contributed by atoms with Crippen molar-refractivity contribution >= 4 is 16.1 Å². The third-order valence-electron chi connectivity index (χ3n) is 2.59. The lowest BCUT2D eigenvalue weighted by Crippen LogP contribution is -2.18. The molecule has 0 fully saturated rings. The normalized spacial score (nSPS) is 19.2. The van der Waals surface area contributed by atoms with Crippen molar-refractivity contribution in [2.45, 2.75) is 20.1 Å². The van der Waals surface area contributed by atoms with Gasteiger partial charge in [-0.05, 0) is 12.5 Å². The first-order chi connectivity index (χ1) is 8.87. The van der Waals surface area contributed by atoms with Gasteiger partial charge >= 0.3 is 10.3 Å². The Kier molecular flexibility index (Phi) is 3.79. The van der Waals surface area contributed by atoms with Gasteiger partial charge in [0.25, 0.3) is 0 Å². The van der Waals surface area contributed by atoms with Crippen LogP contribution in [0.15, 0.2) is 30.0 Å². The highest BCUT2D eigenvalue weighted by molar-refractivity contribution is 7.84. The molecule has 104 valence electrons. The van der Waals surface area contributed by atoms with Crippen LogP contribution in [0.3, 0.4) is 0 Å². The van der Waals surface area contributed by atoms with Gasteiger partial charge in [-0.25, -0.2) is 9.32 Å². The van der Waals surface area contributed by atoms with Crippen molar-refractivity contribution in [3.63, 3.8) is 0 Å². The minimum Gasteiger partial charge on any atom is -0.453 e. The standard InChI is InChI=1S/C12H15NO5S/c1-8-5-3-4-6-10(8)12-11(17-9(2)18-12)7-16-19(13,14)15/h3-6,9H,7H2,1-2H3,(H2,13,14,15). The first kappa shape index (κ1) is 13.9. The maximum Gasteiger partial charge on any atom is 0.333 e. The van der Waals surface area contributed by atoms with Crippen molar-refractivity contribution in [2.75, 3.05) is 6.61 Å². The first-order valence-electron chi connectivity index (χ1n) is 5.66. The number of hydrogen-bond donors (Lipinski definition) is 1. The lowest BCUT2D eigenvalue weighted by atomic mass is 10.1. The monoisotopic (exact) mass is 285 g/mol. The Labute approximate surface area is 112 Å². The molecule has 1 aliphatic heterocycles. The second-order valence-electron chi connectivity index (χ2n) is 4.13. The summed E-state index contributed by atoms with van der Waals surface area (Å²) in [5.41, 5.74) is 1.82. The van der Waals surface area contributed by atoms with Crippen LogP contribution < -0.4 is 5.14 Å². The van der Waals surface area contributed by atoms with Crippen LogP contribution in [0.25, 0.3) is 5.76 Å². The molecule has 2 N–H and O–H groups in total. The summed E-state index contributed by atoms with van der Waals surface area (Å²) in [5, 5.41) is 4.79. The quantitative estimate of drug-likeness (QED) is 0.900. The molecular weight excluding hydrogens is 270 g/mol. The second-order valence-corrected chi connectivity index (χ2v) is 5.35. The van der Waals surface area contributed by atoms with Crippen molar-refractivity contribution in [2.24, 2.45) is 5.14 Å². The van der Waals surface area contributed by atoms with Crippen LogP contribution >= 0.6 is 0 Å². The SMILES string of the molecule is Cc1ccccc1C1=C(COS(N)(=O)=O)OC(C)O1. The molecule has 1 heterocycles. The van der Waals surface area contributed by atoms with Gasteiger partial charge in [-0.1, -0.05) is 24.3 Å². The van der Waals surface area contributed by atoms with E-state index >= 15 is 0 Å². The zero-order valence-electron chi connectivity index (χ0n) is 10.6. The summed E-state index contributed by atoms with van der Waals surface area (Å²) in [5.74, 6) is 0.796. The molecule has 1 aromatic rings. The molecule has 6 nitrogen and oxygen atoms in total. The van der Waals surface area contributed by atoms with E-state index in [0.717, 1.165) is 11.1 Å². The Morgan fingerprint density at radius 1 is 1.32 bits per heavy atom. The molecule has 2 rings (SSSR count). The molecule has 0 aromatic heterocycles. The summed E-state index contributed by atoms with van der Waals surface area (Å²) in [4.78, 5) is 0. The van der Waals surface area contributed by atoms with Gasteiger partial charge in [-0.3, -0.25) is 0 Å². The highest BCUT2D eigenvalue weighted by Gasteiger charge is 2.27. The van der Waals surface area contributed by atoms with E-state index in [-0.39, 0.29) is 6.61 Å². The average Bonchev–Trinajstić information content (AvgIpc) is 2.67. The maximum atomic E-state index is 10.8. The zero-order valence-corrected chi connectivity index (χ0v) is 11.4. The molecule has 0 amide bonds. The average molecular weight is 285 g/mol. The van der Waals surface area contributed by atoms with Crippen molar-refractivity contribution in [1.82, 2.24) is 0 Å². The zero-order chi connectivity index (χ0) is 14.0. The molecule has 0 aliphatic carbocycles. The fourth-order valence-electron chi connectivity index (χ4n) is 1.79. The molecule has 1 atom stereocenters. The van der Waals surface area contributed by atoms with Gasteiger partial charge < -0.3 is 9.47 Å². The van der Waals surface area contributed by atoms with Gasteiger partial charge in [0.1, 0.15) is 6.61 Å². The van der Waals surface area contributed by atoms with E-state index in [0.29, 0.717) is 11.5 Å². The fraction of sp³-hybridized carbons (Fsp3) is 0.333. The summed E-state index contributed by atoms with van der Waals surface area (Å²) in [6.45, 7) is 3.35. The number of nitrogens with two attached hydrogens (primary N) is 1. The Bertz CT molecular complexity index is 608. The first-order valence-corrected chi connectivity index (χ1v) is 7.13. The Morgan fingerprint density at radius 3 is 2.63 bits per heavy atom. The number of aryl methyl sites for hydroxylation is 1. The number of ether oxygens (including phenoxy) is 2. The lowest BCUT2D eigenvalue weighted by molar-refractivity contribution is -0.0142. The van der Waals surface area contributed by atoms with Crippen molar-refractivity contribution in [3.8, 4) is 0 Å². The van der Waals surface area contributed by atoms with E-state index in [2.05, 4.69) is 4.18 Å². The van der Waals surface area contributed by atoms with E-state index in [1.165, 1.54) is 0 Å². The Balaban J connectivity index is 2.31. The highest BCUT2D eigenvalue weighted by atomic mass is 32.2. The summed E-state index contributed by atoms with van der Waals surface area (Å²) in [6, 6.07) is 7.55. The molecule has 19 heavy (non-hydrogen) atoms. The third kappa shape index (κ3) is 3.46. The molecule has 0 saturated carbocycles. The van der Waals surface area contributed by atoms with Crippen molar-refractivity contribution < 1.29 is 22.1 Å². The van der Waals surface area contributed by atoms with Gasteiger partial charge in [0.15, 0.2) is 11.5 Å². The molecule has 1 aliphatic rings. The minimum atomic E-state index is -4.01. The van der Waals surface area contributed by atoms with E-state index in [4.69, 9.17) is 14.6 Å². The van der Waals surface area contributed by atoms with E-state index in [1.54, 1.807) is 6.92 Å². The summed E-state index contributed by atoms with van der Waals surface area (Å²) in [6.07, 6.45) is -0.492. The molecular formula is C12H15NO5S. The fourth-order valence-corrected chi connectivity index (χ4v) is 2.06. The number of hydrogen-bond acceptors (Lipinski definition) is 5. The third-order valence-corrected chi connectivity index (χ3v) is 3.04. The van der Waals surface area contributed by atoms with Gasteiger partial charge in [-0.15, -0.1) is 0 Å². The molecule has 1 aromatic carbocycles. The summed E-state index contributed by atoms with van der Waals surface area (Å²) < 4.78 is 37.1. The summed E-state index contributed by atoms with van der Waals surface area (Å²) >= 11 is 0. The smallest absolute Gasteiger partial charge is 0.333 e. The summed E-state index contributed by atoms with van der Waals surface area (Å²) in [7, 11) is -4.01.